The van der Waals surface area contributed by atoms with Gasteiger partial charge in [-0.15, -0.1) is 0 Å². The van der Waals surface area contributed by atoms with E-state index in [0.717, 1.165) is 32.7 Å². The highest BCUT2D eigenvalue weighted by atomic mass is 19.1. The summed E-state index contributed by atoms with van der Waals surface area (Å²) >= 11 is 0. The molecule has 1 aliphatic heterocycles. The number of hydrogen-bond acceptors (Lipinski definition) is 4. The van der Waals surface area contributed by atoms with Gasteiger partial charge in [0.25, 0.3) is 0 Å². The molecule has 2 aromatic rings. The van der Waals surface area contributed by atoms with Gasteiger partial charge < -0.3 is 5.32 Å². The lowest BCUT2D eigenvalue weighted by atomic mass is 10.2. The van der Waals surface area contributed by atoms with E-state index in [4.69, 9.17) is 0 Å². The van der Waals surface area contributed by atoms with Crippen LogP contribution in [0.1, 0.15) is 12.5 Å². The van der Waals surface area contributed by atoms with E-state index in [9.17, 15) is 9.18 Å². The van der Waals surface area contributed by atoms with Crippen molar-refractivity contribution in [2.75, 3.05) is 31.5 Å². The number of halogens is 1. The van der Waals surface area contributed by atoms with Gasteiger partial charge in [-0.2, -0.15) is 0 Å². The lowest BCUT2D eigenvalue weighted by molar-refractivity contribution is -0.121. The van der Waals surface area contributed by atoms with E-state index in [1.165, 1.54) is 17.7 Å². The summed E-state index contributed by atoms with van der Waals surface area (Å²) in [5.74, 6) is -0.458. The van der Waals surface area contributed by atoms with Crippen molar-refractivity contribution >= 4 is 11.6 Å². The number of piperazine rings is 1. The topological polar surface area (TPSA) is 48.5 Å². The van der Waals surface area contributed by atoms with E-state index >= 15 is 0 Å². The Morgan fingerprint density at radius 3 is 2.72 bits per heavy atom. The van der Waals surface area contributed by atoms with Crippen molar-refractivity contribution < 1.29 is 9.18 Å². The van der Waals surface area contributed by atoms with Gasteiger partial charge in [-0.05, 0) is 36.8 Å². The molecule has 1 N–H and O–H groups in total. The van der Waals surface area contributed by atoms with Crippen LogP contribution in [0.25, 0.3) is 0 Å². The number of benzene rings is 1. The van der Waals surface area contributed by atoms with Crippen molar-refractivity contribution in [3.05, 3.63) is 60.2 Å². The summed E-state index contributed by atoms with van der Waals surface area (Å²) in [5.41, 5.74) is 1.69. The molecule has 2 heterocycles. The molecule has 0 bridgehead atoms. The monoisotopic (exact) mass is 342 g/mol. The third kappa shape index (κ3) is 4.84. The van der Waals surface area contributed by atoms with Gasteiger partial charge in [0.1, 0.15) is 5.82 Å². The van der Waals surface area contributed by atoms with Crippen LogP contribution in [0.3, 0.4) is 0 Å². The first-order chi connectivity index (χ1) is 12.1. The molecule has 3 rings (SSSR count). The third-order valence-corrected chi connectivity index (χ3v) is 4.56. The normalized spacial score (nSPS) is 17.2. The lowest BCUT2D eigenvalue weighted by Gasteiger charge is -2.37. The number of aromatic nitrogens is 1. The molecule has 1 atom stereocenters. The fraction of sp³-hybridized carbons (Fsp3) is 0.368. The molecule has 0 saturated carbocycles. The Morgan fingerprint density at radius 2 is 2.04 bits per heavy atom. The maximum absolute atomic E-state index is 13.2. The van der Waals surface area contributed by atoms with Crippen molar-refractivity contribution in [3.8, 4) is 0 Å². The smallest absolute Gasteiger partial charge is 0.241 e. The van der Waals surface area contributed by atoms with E-state index in [1.54, 1.807) is 18.3 Å². The SMILES string of the molecule is CC(C(=O)Nc1cccc(F)c1)N1CCN(Cc2cccnc2)CC1. The van der Waals surface area contributed by atoms with Crippen LogP contribution >= 0.6 is 0 Å². The molecule has 1 saturated heterocycles. The van der Waals surface area contributed by atoms with E-state index in [-0.39, 0.29) is 17.8 Å². The highest BCUT2D eigenvalue weighted by Gasteiger charge is 2.25. The maximum Gasteiger partial charge on any atom is 0.241 e. The molecule has 5 nitrogen and oxygen atoms in total. The van der Waals surface area contributed by atoms with Gasteiger partial charge >= 0.3 is 0 Å². The van der Waals surface area contributed by atoms with Gasteiger partial charge in [-0.25, -0.2) is 4.39 Å². The van der Waals surface area contributed by atoms with Gasteiger partial charge in [0.05, 0.1) is 6.04 Å². The molecule has 6 heteroatoms. The molecule has 1 aromatic carbocycles. The van der Waals surface area contributed by atoms with Crippen LogP contribution < -0.4 is 5.32 Å². The van der Waals surface area contributed by atoms with Gasteiger partial charge in [-0.3, -0.25) is 19.6 Å². The fourth-order valence-corrected chi connectivity index (χ4v) is 3.04. The fourth-order valence-electron chi connectivity index (χ4n) is 3.04. The van der Waals surface area contributed by atoms with Crippen molar-refractivity contribution in [2.24, 2.45) is 0 Å². The van der Waals surface area contributed by atoms with Crippen molar-refractivity contribution in [1.29, 1.82) is 0 Å². The number of carbonyl (C=O) groups excluding carboxylic acids is 1. The first-order valence-electron chi connectivity index (χ1n) is 8.53. The minimum atomic E-state index is -0.352. The number of nitrogens with one attached hydrogen (secondary N) is 1. The highest BCUT2D eigenvalue weighted by molar-refractivity contribution is 5.94. The van der Waals surface area contributed by atoms with Crippen molar-refractivity contribution in [2.45, 2.75) is 19.5 Å². The number of hydrogen-bond donors (Lipinski definition) is 1. The summed E-state index contributed by atoms with van der Waals surface area (Å²) in [6.07, 6.45) is 3.67. The second-order valence-electron chi connectivity index (χ2n) is 6.35. The summed E-state index contributed by atoms with van der Waals surface area (Å²) in [6.45, 7) is 6.26. The highest BCUT2D eigenvalue weighted by Crippen LogP contribution is 2.13. The van der Waals surface area contributed by atoms with Crippen LogP contribution in [0.15, 0.2) is 48.8 Å². The molecule has 1 unspecified atom stereocenters. The van der Waals surface area contributed by atoms with E-state index < -0.39 is 0 Å². The molecular formula is C19H23FN4O. The molecule has 0 aliphatic carbocycles. The van der Waals surface area contributed by atoms with Gasteiger partial charge in [0.2, 0.25) is 5.91 Å². The molecule has 1 amide bonds. The molecule has 25 heavy (non-hydrogen) atoms. The largest absolute Gasteiger partial charge is 0.325 e. The molecular weight excluding hydrogens is 319 g/mol. The predicted octanol–water partition coefficient (Wildman–Crippen LogP) is 2.37. The van der Waals surface area contributed by atoms with Crippen LogP contribution in [-0.2, 0) is 11.3 Å². The van der Waals surface area contributed by atoms with Crippen LogP contribution in [-0.4, -0.2) is 52.9 Å². The van der Waals surface area contributed by atoms with E-state index in [0.29, 0.717) is 5.69 Å². The molecule has 132 valence electrons. The first kappa shape index (κ1) is 17.5. The minimum absolute atomic E-state index is 0.105. The average molecular weight is 342 g/mol. The van der Waals surface area contributed by atoms with Crippen LogP contribution in [0, 0.1) is 5.82 Å². The number of pyridine rings is 1. The zero-order valence-corrected chi connectivity index (χ0v) is 14.4. The third-order valence-electron chi connectivity index (χ3n) is 4.56. The molecule has 0 radical (unpaired) electrons. The summed E-state index contributed by atoms with van der Waals surface area (Å²) in [7, 11) is 0. The Kier molecular flexibility index (Phi) is 5.73. The summed E-state index contributed by atoms with van der Waals surface area (Å²) in [5, 5.41) is 2.79. The van der Waals surface area contributed by atoms with Gasteiger partial charge in [0, 0.05) is 50.8 Å². The Hall–Kier alpha value is -2.31. The van der Waals surface area contributed by atoms with Crippen LogP contribution in [0.5, 0.6) is 0 Å². The first-order valence-corrected chi connectivity index (χ1v) is 8.53. The average Bonchev–Trinajstić information content (AvgIpc) is 2.62. The van der Waals surface area contributed by atoms with Crippen LogP contribution in [0.4, 0.5) is 10.1 Å². The molecule has 0 spiro atoms. The number of carbonyl (C=O) groups is 1. The Morgan fingerprint density at radius 1 is 1.24 bits per heavy atom. The van der Waals surface area contributed by atoms with Gasteiger partial charge in [0.15, 0.2) is 0 Å². The number of amides is 1. The molecule has 1 fully saturated rings. The minimum Gasteiger partial charge on any atom is -0.325 e. The summed E-state index contributed by atoms with van der Waals surface area (Å²) in [6, 6.07) is 9.76. The maximum atomic E-state index is 13.2. The zero-order chi connectivity index (χ0) is 17.6. The lowest BCUT2D eigenvalue weighted by Crippen LogP contribution is -2.52. The zero-order valence-electron chi connectivity index (χ0n) is 14.4. The quantitative estimate of drug-likeness (QED) is 0.906. The number of rotatable bonds is 5. The standard InChI is InChI=1S/C19H23FN4O/c1-15(19(25)22-18-6-2-5-17(20)12-18)24-10-8-23(9-11-24)14-16-4-3-7-21-13-16/h2-7,12-13,15H,8-11,14H2,1H3,(H,22,25). The van der Waals surface area contributed by atoms with E-state index in [2.05, 4.69) is 26.2 Å². The molecule has 1 aromatic heterocycles. The van der Waals surface area contributed by atoms with Crippen molar-refractivity contribution in [1.82, 2.24) is 14.8 Å². The Bertz CT molecular complexity index is 702. The van der Waals surface area contributed by atoms with Crippen molar-refractivity contribution in [3.63, 3.8) is 0 Å². The summed E-state index contributed by atoms with van der Waals surface area (Å²) < 4.78 is 13.2. The Labute approximate surface area is 147 Å². The Balaban J connectivity index is 1.49. The second-order valence-corrected chi connectivity index (χ2v) is 6.35. The predicted molar refractivity (Wildman–Crippen MR) is 95.6 cm³/mol. The number of anilines is 1. The molecule has 1 aliphatic rings. The van der Waals surface area contributed by atoms with Crippen LogP contribution in [0.2, 0.25) is 0 Å². The second kappa shape index (κ2) is 8.18. The number of nitrogens with zero attached hydrogens (tertiary/aromatic N) is 3. The summed E-state index contributed by atoms with van der Waals surface area (Å²) in [4.78, 5) is 21.1. The van der Waals surface area contributed by atoms with E-state index in [1.807, 2.05) is 19.2 Å². The van der Waals surface area contributed by atoms with Gasteiger partial charge in [-0.1, -0.05) is 12.1 Å².